The molecule has 1 atom stereocenters. The van der Waals surface area contributed by atoms with Crippen molar-refractivity contribution in [2.24, 2.45) is 0 Å². The lowest BCUT2D eigenvalue weighted by Crippen LogP contribution is -2.31. The van der Waals surface area contributed by atoms with E-state index in [2.05, 4.69) is 15.6 Å². The molecule has 2 N–H and O–H groups in total. The van der Waals surface area contributed by atoms with Gasteiger partial charge < -0.3 is 15.1 Å². The highest BCUT2D eigenvalue weighted by atomic mass is 35.5. The molecule has 1 saturated carbocycles. The summed E-state index contributed by atoms with van der Waals surface area (Å²) in [6.45, 7) is 1.77. The molecule has 3 aromatic rings. The number of aromatic nitrogens is 1. The maximum atomic E-state index is 12.4. The van der Waals surface area contributed by atoms with Gasteiger partial charge >= 0.3 is 0 Å². The largest absolute Gasteiger partial charge is 0.440 e. The van der Waals surface area contributed by atoms with E-state index >= 15 is 0 Å². The summed E-state index contributed by atoms with van der Waals surface area (Å²) in [7, 11) is 0. The van der Waals surface area contributed by atoms with E-state index in [0.29, 0.717) is 21.7 Å². The van der Waals surface area contributed by atoms with E-state index in [1.165, 1.54) is 0 Å². The number of benzene rings is 2. The normalized spacial score (nSPS) is 15.0. The van der Waals surface area contributed by atoms with Gasteiger partial charge in [-0.1, -0.05) is 29.3 Å². The van der Waals surface area contributed by atoms with Crippen LogP contribution in [0, 0.1) is 0 Å². The van der Waals surface area contributed by atoms with Crippen LogP contribution in [0.5, 0.6) is 0 Å². The highest BCUT2D eigenvalue weighted by molar-refractivity contribution is 6.44. The molecule has 2 aromatic carbocycles. The van der Waals surface area contributed by atoms with Crippen molar-refractivity contribution in [1.82, 2.24) is 4.98 Å². The molecule has 1 heterocycles. The highest BCUT2D eigenvalue weighted by Crippen LogP contribution is 2.40. The molecule has 0 bridgehead atoms. The van der Waals surface area contributed by atoms with Crippen molar-refractivity contribution in [1.29, 1.82) is 0 Å². The van der Waals surface area contributed by atoms with Gasteiger partial charge in [0, 0.05) is 11.6 Å². The number of hydrogen-bond donors (Lipinski definition) is 2. The molecular formula is C19H17Cl2N3O2. The summed E-state index contributed by atoms with van der Waals surface area (Å²) in [5.41, 5.74) is 2.84. The van der Waals surface area contributed by atoms with E-state index in [-0.39, 0.29) is 5.91 Å². The molecule has 4 rings (SSSR count). The summed E-state index contributed by atoms with van der Waals surface area (Å²) in [4.78, 5) is 17.0. The van der Waals surface area contributed by atoms with Gasteiger partial charge in [-0.3, -0.25) is 4.79 Å². The first-order chi connectivity index (χ1) is 12.5. The molecule has 1 fully saturated rings. The smallest absolute Gasteiger partial charge is 0.246 e. The van der Waals surface area contributed by atoms with Gasteiger partial charge in [0.15, 0.2) is 11.5 Å². The van der Waals surface area contributed by atoms with Gasteiger partial charge in [0.25, 0.3) is 0 Å². The van der Waals surface area contributed by atoms with Crippen molar-refractivity contribution in [3.63, 3.8) is 0 Å². The van der Waals surface area contributed by atoms with E-state index in [4.69, 9.17) is 27.6 Å². The predicted octanol–water partition coefficient (Wildman–Crippen LogP) is 5.45. The molecule has 1 aliphatic rings. The van der Waals surface area contributed by atoms with E-state index in [9.17, 15) is 4.79 Å². The van der Waals surface area contributed by atoms with E-state index < -0.39 is 6.04 Å². The number of nitrogens with zero attached hydrogens (tertiary/aromatic N) is 1. The lowest BCUT2D eigenvalue weighted by atomic mass is 10.2. The molecule has 1 unspecified atom stereocenters. The second-order valence-corrected chi connectivity index (χ2v) is 7.25. The molecule has 0 spiro atoms. The van der Waals surface area contributed by atoms with Crippen LogP contribution in [0.2, 0.25) is 10.0 Å². The van der Waals surface area contributed by atoms with E-state index in [0.717, 1.165) is 35.5 Å². The Morgan fingerprint density at radius 3 is 2.85 bits per heavy atom. The number of fused-ring (bicyclic) bond motifs is 1. The number of rotatable bonds is 5. The van der Waals surface area contributed by atoms with Crippen molar-refractivity contribution in [2.45, 2.75) is 31.7 Å². The minimum atomic E-state index is -0.475. The summed E-state index contributed by atoms with van der Waals surface area (Å²) in [6, 6.07) is 10.3. The first kappa shape index (κ1) is 17.2. The van der Waals surface area contributed by atoms with Gasteiger partial charge in [-0.15, -0.1) is 0 Å². The van der Waals surface area contributed by atoms with Gasteiger partial charge in [-0.05, 0) is 50.1 Å². The fraction of sp³-hybridized carbons (Fsp3) is 0.263. The van der Waals surface area contributed by atoms with Gasteiger partial charge in [-0.25, -0.2) is 4.98 Å². The first-order valence-corrected chi connectivity index (χ1v) is 9.19. The Hall–Kier alpha value is -2.24. The number of amides is 1. The zero-order valence-electron chi connectivity index (χ0n) is 14.1. The third-order valence-electron chi connectivity index (χ3n) is 4.32. The minimum absolute atomic E-state index is 0.215. The summed E-state index contributed by atoms with van der Waals surface area (Å²) >= 11 is 12.1. The second kappa shape index (κ2) is 6.82. The van der Waals surface area contributed by atoms with Gasteiger partial charge in [0.1, 0.15) is 11.6 Å². The maximum absolute atomic E-state index is 12.4. The second-order valence-electron chi connectivity index (χ2n) is 6.47. The van der Waals surface area contributed by atoms with E-state index in [1.54, 1.807) is 25.1 Å². The molecule has 134 valence electrons. The summed E-state index contributed by atoms with van der Waals surface area (Å²) in [5, 5.41) is 6.68. The number of hydrogen-bond acceptors (Lipinski definition) is 4. The number of halogens is 2. The number of oxazole rings is 1. The number of anilines is 2. The third kappa shape index (κ3) is 3.50. The van der Waals surface area contributed by atoms with Gasteiger partial charge in [0.2, 0.25) is 5.91 Å². The van der Waals surface area contributed by atoms with Crippen molar-refractivity contribution >= 4 is 51.6 Å². The van der Waals surface area contributed by atoms with Gasteiger partial charge in [0.05, 0.1) is 15.7 Å². The topological polar surface area (TPSA) is 67.2 Å². The Morgan fingerprint density at radius 1 is 1.27 bits per heavy atom. The molecular weight excluding hydrogens is 373 g/mol. The summed E-state index contributed by atoms with van der Waals surface area (Å²) in [5.74, 6) is 1.05. The molecule has 1 amide bonds. The maximum Gasteiger partial charge on any atom is 0.246 e. The molecule has 5 nitrogen and oxygen atoms in total. The fourth-order valence-electron chi connectivity index (χ4n) is 2.70. The van der Waals surface area contributed by atoms with Gasteiger partial charge in [-0.2, -0.15) is 0 Å². The number of carbonyl (C=O) groups excluding carboxylic acids is 1. The Morgan fingerprint density at radius 2 is 2.08 bits per heavy atom. The summed E-state index contributed by atoms with van der Waals surface area (Å²) in [6.07, 6.45) is 2.28. The van der Waals surface area contributed by atoms with Crippen molar-refractivity contribution < 1.29 is 9.21 Å². The van der Waals surface area contributed by atoms with Crippen LogP contribution in [0.3, 0.4) is 0 Å². The van der Waals surface area contributed by atoms with Crippen LogP contribution in [0.1, 0.15) is 31.6 Å². The monoisotopic (exact) mass is 389 g/mol. The Bertz CT molecular complexity index is 982. The number of carbonyl (C=O) groups is 1. The van der Waals surface area contributed by atoms with Crippen molar-refractivity contribution in [3.05, 3.63) is 52.3 Å². The van der Waals surface area contributed by atoms with Crippen LogP contribution in [0.4, 0.5) is 11.4 Å². The van der Waals surface area contributed by atoms with Crippen LogP contribution in [0.25, 0.3) is 11.1 Å². The molecule has 0 aliphatic heterocycles. The standard InChI is InChI=1S/C19H17Cl2N3O2/c1-10(18(25)23-14-4-2-3-13(20)17(14)21)22-12-7-8-16-15(9-12)24-19(26-16)11-5-6-11/h2-4,7-11,22H,5-6H2,1H3,(H,23,25). The average molecular weight is 390 g/mol. The Balaban J connectivity index is 1.46. The van der Waals surface area contributed by atoms with Crippen LogP contribution < -0.4 is 10.6 Å². The van der Waals surface area contributed by atoms with Crippen LogP contribution in [0.15, 0.2) is 40.8 Å². The lowest BCUT2D eigenvalue weighted by Gasteiger charge is -2.16. The fourth-order valence-corrected chi connectivity index (χ4v) is 3.04. The van der Waals surface area contributed by atoms with Crippen molar-refractivity contribution in [2.75, 3.05) is 10.6 Å². The highest BCUT2D eigenvalue weighted by Gasteiger charge is 2.29. The molecule has 26 heavy (non-hydrogen) atoms. The van der Waals surface area contributed by atoms with Crippen LogP contribution in [-0.2, 0) is 4.79 Å². The predicted molar refractivity (Wildman–Crippen MR) is 104 cm³/mol. The first-order valence-electron chi connectivity index (χ1n) is 8.43. The zero-order chi connectivity index (χ0) is 18.3. The molecule has 7 heteroatoms. The third-order valence-corrected chi connectivity index (χ3v) is 5.14. The minimum Gasteiger partial charge on any atom is -0.440 e. The molecule has 1 aromatic heterocycles. The van der Waals surface area contributed by atoms with E-state index in [1.807, 2.05) is 18.2 Å². The average Bonchev–Trinajstić information content (AvgIpc) is 3.38. The summed E-state index contributed by atoms with van der Waals surface area (Å²) < 4.78 is 5.76. The zero-order valence-corrected chi connectivity index (χ0v) is 15.6. The van der Waals surface area contributed by atoms with Crippen LogP contribution >= 0.6 is 23.2 Å². The van der Waals surface area contributed by atoms with Crippen LogP contribution in [-0.4, -0.2) is 16.9 Å². The Kier molecular flexibility index (Phi) is 4.51. The van der Waals surface area contributed by atoms with Crippen molar-refractivity contribution in [3.8, 4) is 0 Å². The quantitative estimate of drug-likeness (QED) is 0.608. The Labute approximate surface area is 160 Å². The molecule has 0 radical (unpaired) electrons. The lowest BCUT2D eigenvalue weighted by molar-refractivity contribution is -0.116. The molecule has 0 saturated heterocycles. The SMILES string of the molecule is CC(Nc1ccc2oc(C3CC3)nc2c1)C(=O)Nc1cccc(Cl)c1Cl. The molecule has 1 aliphatic carbocycles. The number of nitrogens with one attached hydrogen (secondary N) is 2.